The Bertz CT molecular complexity index is 499. The van der Waals surface area contributed by atoms with Crippen molar-refractivity contribution in [3.05, 3.63) is 18.2 Å². The number of methoxy groups -OCH3 is 1. The molecule has 0 aliphatic rings. The molecule has 1 N–H and O–H groups in total. The molecule has 0 aliphatic heterocycles. The molecule has 0 bridgehead atoms. The first kappa shape index (κ1) is 13.1. The van der Waals surface area contributed by atoms with Gasteiger partial charge in [-0.25, -0.2) is 4.98 Å². The van der Waals surface area contributed by atoms with E-state index in [-0.39, 0.29) is 0 Å². The van der Waals surface area contributed by atoms with Crippen LogP contribution < -0.4 is 10.1 Å². The lowest BCUT2D eigenvalue weighted by Gasteiger charge is -2.00. The average Bonchev–Trinajstić information content (AvgIpc) is 2.77. The second-order valence-electron chi connectivity index (χ2n) is 3.85. The van der Waals surface area contributed by atoms with Crippen LogP contribution in [0.5, 0.6) is 5.75 Å². The average molecular weight is 266 g/mol. The van der Waals surface area contributed by atoms with Crippen molar-refractivity contribution < 1.29 is 9.47 Å². The van der Waals surface area contributed by atoms with Crippen molar-refractivity contribution in [3.8, 4) is 5.75 Å². The monoisotopic (exact) mass is 266 g/mol. The summed E-state index contributed by atoms with van der Waals surface area (Å²) in [5.74, 6) is 0.902. The van der Waals surface area contributed by atoms with E-state index in [4.69, 9.17) is 9.47 Å². The maximum absolute atomic E-state index is 5.48. The number of ether oxygens (including phenoxy) is 2. The van der Waals surface area contributed by atoms with Crippen LogP contribution in [0, 0.1) is 0 Å². The van der Waals surface area contributed by atoms with Crippen molar-refractivity contribution in [2.75, 3.05) is 32.2 Å². The van der Waals surface area contributed by atoms with Gasteiger partial charge in [-0.2, -0.15) is 0 Å². The lowest BCUT2D eigenvalue weighted by Crippen LogP contribution is -2.03. The third-order valence-corrected chi connectivity index (χ3v) is 3.45. The molecule has 1 aromatic heterocycles. The van der Waals surface area contributed by atoms with Crippen molar-refractivity contribution in [3.63, 3.8) is 0 Å². The third-order valence-electron chi connectivity index (χ3n) is 2.47. The molecule has 2 rings (SSSR count). The molecule has 0 unspecified atom stereocenters. The Morgan fingerprint density at radius 1 is 1.39 bits per heavy atom. The standard InChI is InChI=1S/C13H18N2O2S/c1-3-17-10-5-6-11-12(9-10)18-13(15-11)14-7-4-8-16-2/h5-6,9H,3-4,7-8H2,1-2H3,(H,14,15). The van der Waals surface area contributed by atoms with E-state index in [1.807, 2.05) is 25.1 Å². The Kier molecular flexibility index (Phi) is 4.78. The van der Waals surface area contributed by atoms with Gasteiger partial charge in [0.1, 0.15) is 5.75 Å². The summed E-state index contributed by atoms with van der Waals surface area (Å²) in [5, 5.41) is 4.26. The third kappa shape index (κ3) is 3.34. The molecule has 1 heterocycles. The molecule has 0 spiro atoms. The first-order chi connectivity index (χ1) is 8.83. The van der Waals surface area contributed by atoms with Gasteiger partial charge in [0.2, 0.25) is 0 Å². The summed E-state index contributed by atoms with van der Waals surface area (Å²) in [6.07, 6.45) is 0.983. The summed E-state index contributed by atoms with van der Waals surface area (Å²) in [7, 11) is 1.72. The number of nitrogens with one attached hydrogen (secondary N) is 1. The van der Waals surface area contributed by atoms with Gasteiger partial charge in [0.15, 0.2) is 5.13 Å². The SMILES string of the molecule is CCOc1ccc2nc(NCCCOC)sc2c1. The summed E-state index contributed by atoms with van der Waals surface area (Å²) in [5.41, 5.74) is 1.01. The van der Waals surface area contributed by atoms with E-state index in [0.717, 1.165) is 40.7 Å². The number of anilines is 1. The van der Waals surface area contributed by atoms with E-state index in [9.17, 15) is 0 Å². The van der Waals surface area contributed by atoms with Gasteiger partial charge < -0.3 is 14.8 Å². The lowest BCUT2D eigenvalue weighted by atomic mass is 10.3. The summed E-state index contributed by atoms with van der Waals surface area (Å²) in [4.78, 5) is 4.52. The number of hydrogen-bond donors (Lipinski definition) is 1. The zero-order valence-corrected chi connectivity index (χ0v) is 11.5. The normalized spacial score (nSPS) is 10.8. The Labute approximate surface area is 111 Å². The minimum Gasteiger partial charge on any atom is -0.494 e. The molecule has 0 radical (unpaired) electrons. The second kappa shape index (κ2) is 6.56. The van der Waals surface area contributed by atoms with Crippen molar-refractivity contribution in [1.82, 2.24) is 4.98 Å². The maximum Gasteiger partial charge on any atom is 0.183 e. The fourth-order valence-electron chi connectivity index (χ4n) is 1.65. The molecule has 98 valence electrons. The Morgan fingerprint density at radius 3 is 3.06 bits per heavy atom. The molecule has 0 saturated heterocycles. The first-order valence-corrected chi connectivity index (χ1v) is 6.91. The van der Waals surface area contributed by atoms with Crippen LogP contribution >= 0.6 is 11.3 Å². The van der Waals surface area contributed by atoms with Gasteiger partial charge in [-0.15, -0.1) is 0 Å². The van der Waals surface area contributed by atoms with Crippen LogP contribution in [0.15, 0.2) is 18.2 Å². The van der Waals surface area contributed by atoms with Crippen LogP contribution in [0.25, 0.3) is 10.2 Å². The van der Waals surface area contributed by atoms with E-state index < -0.39 is 0 Å². The number of benzene rings is 1. The van der Waals surface area contributed by atoms with Crippen LogP contribution in [0.4, 0.5) is 5.13 Å². The Hall–Kier alpha value is -1.33. The van der Waals surface area contributed by atoms with E-state index in [1.165, 1.54) is 0 Å². The van der Waals surface area contributed by atoms with Gasteiger partial charge in [-0.3, -0.25) is 0 Å². The van der Waals surface area contributed by atoms with Crippen LogP contribution in [-0.4, -0.2) is 31.9 Å². The molecule has 0 fully saturated rings. The zero-order chi connectivity index (χ0) is 12.8. The topological polar surface area (TPSA) is 43.4 Å². The quantitative estimate of drug-likeness (QED) is 0.782. The van der Waals surface area contributed by atoms with Gasteiger partial charge in [-0.05, 0) is 31.5 Å². The Morgan fingerprint density at radius 2 is 2.28 bits per heavy atom. The molecule has 0 saturated carbocycles. The highest BCUT2D eigenvalue weighted by molar-refractivity contribution is 7.22. The minimum absolute atomic E-state index is 0.687. The first-order valence-electron chi connectivity index (χ1n) is 6.09. The van der Waals surface area contributed by atoms with Gasteiger partial charge in [0.05, 0.1) is 16.8 Å². The van der Waals surface area contributed by atoms with Crippen molar-refractivity contribution in [2.24, 2.45) is 0 Å². The van der Waals surface area contributed by atoms with Crippen molar-refractivity contribution >= 4 is 26.7 Å². The molecule has 18 heavy (non-hydrogen) atoms. The molecule has 0 atom stereocenters. The molecule has 5 heteroatoms. The van der Waals surface area contributed by atoms with E-state index in [0.29, 0.717) is 6.61 Å². The summed E-state index contributed by atoms with van der Waals surface area (Å²) < 4.78 is 11.6. The minimum atomic E-state index is 0.687. The summed E-state index contributed by atoms with van der Waals surface area (Å²) in [6, 6.07) is 5.99. The molecule has 1 aromatic carbocycles. The molecule has 2 aromatic rings. The van der Waals surface area contributed by atoms with Crippen LogP contribution in [0.2, 0.25) is 0 Å². The predicted octanol–water partition coefficient (Wildman–Crippen LogP) is 3.14. The fraction of sp³-hybridized carbons (Fsp3) is 0.462. The highest BCUT2D eigenvalue weighted by Crippen LogP contribution is 2.29. The number of nitrogens with zero attached hydrogens (tertiary/aromatic N) is 1. The van der Waals surface area contributed by atoms with Gasteiger partial charge in [0.25, 0.3) is 0 Å². The highest BCUT2D eigenvalue weighted by Gasteiger charge is 2.04. The van der Waals surface area contributed by atoms with E-state index in [1.54, 1.807) is 18.4 Å². The van der Waals surface area contributed by atoms with Crippen molar-refractivity contribution in [2.45, 2.75) is 13.3 Å². The van der Waals surface area contributed by atoms with Crippen LogP contribution in [0.1, 0.15) is 13.3 Å². The van der Waals surface area contributed by atoms with E-state index >= 15 is 0 Å². The van der Waals surface area contributed by atoms with E-state index in [2.05, 4.69) is 10.3 Å². The number of rotatable bonds is 7. The van der Waals surface area contributed by atoms with Crippen LogP contribution in [0.3, 0.4) is 0 Å². The largest absolute Gasteiger partial charge is 0.494 e. The smallest absolute Gasteiger partial charge is 0.183 e. The molecular weight excluding hydrogens is 248 g/mol. The number of aromatic nitrogens is 1. The van der Waals surface area contributed by atoms with Gasteiger partial charge >= 0.3 is 0 Å². The lowest BCUT2D eigenvalue weighted by molar-refractivity contribution is 0.198. The summed E-state index contributed by atoms with van der Waals surface area (Å²) in [6.45, 7) is 4.32. The molecular formula is C13H18N2O2S. The Balaban J connectivity index is 2.02. The number of fused-ring (bicyclic) bond motifs is 1. The maximum atomic E-state index is 5.48. The van der Waals surface area contributed by atoms with Crippen LogP contribution in [-0.2, 0) is 4.74 Å². The number of hydrogen-bond acceptors (Lipinski definition) is 5. The predicted molar refractivity (Wildman–Crippen MR) is 75.8 cm³/mol. The summed E-state index contributed by atoms with van der Waals surface area (Å²) >= 11 is 1.65. The highest BCUT2D eigenvalue weighted by atomic mass is 32.1. The van der Waals surface area contributed by atoms with Gasteiger partial charge in [0, 0.05) is 20.3 Å². The molecule has 0 amide bonds. The fourth-order valence-corrected chi connectivity index (χ4v) is 2.57. The molecule has 0 aliphatic carbocycles. The molecule has 4 nitrogen and oxygen atoms in total. The van der Waals surface area contributed by atoms with Gasteiger partial charge in [-0.1, -0.05) is 11.3 Å². The number of thiazole rings is 1. The zero-order valence-electron chi connectivity index (χ0n) is 10.7. The second-order valence-corrected chi connectivity index (χ2v) is 4.89. The van der Waals surface area contributed by atoms with Crippen molar-refractivity contribution in [1.29, 1.82) is 0 Å².